The van der Waals surface area contributed by atoms with Crippen molar-refractivity contribution < 1.29 is 8.91 Å². The highest BCUT2D eigenvalue weighted by atomic mass is 19.1. The predicted molar refractivity (Wildman–Crippen MR) is 91.6 cm³/mol. The van der Waals surface area contributed by atoms with Gasteiger partial charge < -0.3 is 9.42 Å². The molecule has 1 aromatic heterocycles. The van der Waals surface area contributed by atoms with Crippen LogP contribution in [0, 0.1) is 5.82 Å². The molecule has 5 nitrogen and oxygen atoms in total. The third kappa shape index (κ3) is 3.43. The minimum absolute atomic E-state index is 0.0661. The van der Waals surface area contributed by atoms with Gasteiger partial charge in [-0.25, -0.2) is 4.39 Å². The summed E-state index contributed by atoms with van der Waals surface area (Å²) < 4.78 is 19.4. The highest BCUT2D eigenvalue weighted by molar-refractivity contribution is 5.48. The standard InChI is InChI=1S/C18H25FN4O/c1-13(16-20-17(21-24-16)18(2,3)4)22-9-11-23(12-10-22)15-8-6-5-7-14(15)19/h5-8,13H,9-12H2,1-4H3/t13-/m0/s1. The monoisotopic (exact) mass is 332 g/mol. The molecular formula is C18H25FN4O. The van der Waals surface area contributed by atoms with Crippen LogP contribution in [0.1, 0.15) is 45.5 Å². The van der Waals surface area contributed by atoms with Gasteiger partial charge in [0.05, 0.1) is 11.7 Å². The molecule has 0 aliphatic carbocycles. The average Bonchev–Trinajstić information content (AvgIpc) is 3.05. The number of piperazine rings is 1. The number of hydrogen-bond acceptors (Lipinski definition) is 5. The van der Waals surface area contributed by atoms with Crippen molar-refractivity contribution >= 4 is 5.69 Å². The summed E-state index contributed by atoms with van der Waals surface area (Å²) in [6.45, 7) is 11.5. The molecule has 0 amide bonds. The number of aromatic nitrogens is 2. The fourth-order valence-corrected chi connectivity index (χ4v) is 2.92. The second-order valence-corrected chi connectivity index (χ2v) is 7.36. The van der Waals surface area contributed by atoms with Crippen molar-refractivity contribution in [1.82, 2.24) is 15.0 Å². The molecule has 0 radical (unpaired) electrons. The van der Waals surface area contributed by atoms with E-state index < -0.39 is 0 Å². The molecule has 1 fully saturated rings. The summed E-state index contributed by atoms with van der Waals surface area (Å²) >= 11 is 0. The smallest absolute Gasteiger partial charge is 0.243 e. The summed E-state index contributed by atoms with van der Waals surface area (Å²) in [5, 5.41) is 4.10. The Morgan fingerprint density at radius 2 is 1.79 bits per heavy atom. The van der Waals surface area contributed by atoms with Gasteiger partial charge in [0.25, 0.3) is 0 Å². The normalized spacial score (nSPS) is 18.0. The van der Waals surface area contributed by atoms with Crippen LogP contribution in [0.2, 0.25) is 0 Å². The van der Waals surface area contributed by atoms with Crippen LogP contribution in [-0.4, -0.2) is 41.2 Å². The predicted octanol–water partition coefficient (Wildman–Crippen LogP) is 3.39. The van der Waals surface area contributed by atoms with Crippen LogP contribution < -0.4 is 4.90 Å². The van der Waals surface area contributed by atoms with Gasteiger partial charge in [0.2, 0.25) is 5.89 Å². The van der Waals surface area contributed by atoms with Crippen LogP contribution in [0.25, 0.3) is 0 Å². The van der Waals surface area contributed by atoms with Gasteiger partial charge in [0, 0.05) is 31.6 Å². The summed E-state index contributed by atoms with van der Waals surface area (Å²) in [5.74, 6) is 1.22. The van der Waals surface area contributed by atoms with Crippen molar-refractivity contribution in [2.45, 2.75) is 39.2 Å². The average molecular weight is 332 g/mol. The first-order chi connectivity index (χ1) is 11.4. The van der Waals surface area contributed by atoms with E-state index in [1.807, 2.05) is 12.1 Å². The fraction of sp³-hybridized carbons (Fsp3) is 0.556. The number of anilines is 1. The molecule has 1 aliphatic heterocycles. The SMILES string of the molecule is C[C@@H](c1nc(C(C)(C)C)no1)N1CCN(c2ccccc2F)CC1. The van der Waals surface area contributed by atoms with Crippen LogP contribution in [0.3, 0.4) is 0 Å². The molecule has 0 bridgehead atoms. The van der Waals surface area contributed by atoms with Gasteiger partial charge in [-0.1, -0.05) is 38.1 Å². The van der Waals surface area contributed by atoms with Gasteiger partial charge in [-0.05, 0) is 19.1 Å². The van der Waals surface area contributed by atoms with Gasteiger partial charge >= 0.3 is 0 Å². The van der Waals surface area contributed by atoms with Crippen LogP contribution in [0.15, 0.2) is 28.8 Å². The highest BCUT2D eigenvalue weighted by Gasteiger charge is 2.28. The van der Waals surface area contributed by atoms with Crippen molar-refractivity contribution in [3.63, 3.8) is 0 Å². The van der Waals surface area contributed by atoms with Crippen molar-refractivity contribution in [3.8, 4) is 0 Å². The third-order valence-electron chi connectivity index (χ3n) is 4.53. The Hall–Kier alpha value is -1.95. The Labute approximate surface area is 142 Å². The third-order valence-corrected chi connectivity index (χ3v) is 4.53. The molecule has 3 rings (SSSR count). The fourth-order valence-electron chi connectivity index (χ4n) is 2.92. The first kappa shape index (κ1) is 16.9. The van der Waals surface area contributed by atoms with Gasteiger partial charge in [0.1, 0.15) is 5.82 Å². The van der Waals surface area contributed by atoms with Crippen LogP contribution in [-0.2, 0) is 5.41 Å². The Kier molecular flexibility index (Phi) is 4.58. The van der Waals surface area contributed by atoms with E-state index in [1.165, 1.54) is 6.07 Å². The lowest BCUT2D eigenvalue weighted by Crippen LogP contribution is -2.47. The number of para-hydroxylation sites is 1. The summed E-state index contributed by atoms with van der Waals surface area (Å²) in [5.41, 5.74) is 0.558. The van der Waals surface area contributed by atoms with Crippen molar-refractivity contribution in [2.24, 2.45) is 0 Å². The summed E-state index contributed by atoms with van der Waals surface area (Å²) in [6.07, 6.45) is 0. The van der Waals surface area contributed by atoms with E-state index in [-0.39, 0.29) is 17.3 Å². The molecule has 1 aliphatic rings. The van der Waals surface area contributed by atoms with Gasteiger partial charge in [-0.3, -0.25) is 4.90 Å². The van der Waals surface area contributed by atoms with Crippen LogP contribution >= 0.6 is 0 Å². The first-order valence-corrected chi connectivity index (χ1v) is 8.44. The van der Waals surface area contributed by atoms with Crippen molar-refractivity contribution in [3.05, 3.63) is 41.8 Å². The molecule has 2 heterocycles. The molecule has 1 aromatic carbocycles. The zero-order valence-corrected chi connectivity index (χ0v) is 14.8. The number of rotatable bonds is 3. The molecule has 2 aromatic rings. The first-order valence-electron chi connectivity index (χ1n) is 8.44. The maximum Gasteiger partial charge on any atom is 0.243 e. The molecule has 0 N–H and O–H groups in total. The van der Waals surface area contributed by atoms with E-state index >= 15 is 0 Å². The minimum atomic E-state index is -0.161. The zero-order valence-electron chi connectivity index (χ0n) is 14.8. The highest BCUT2D eigenvalue weighted by Crippen LogP contribution is 2.26. The topological polar surface area (TPSA) is 45.4 Å². The van der Waals surface area contributed by atoms with E-state index in [1.54, 1.807) is 6.07 Å². The molecule has 24 heavy (non-hydrogen) atoms. The maximum atomic E-state index is 13.9. The summed E-state index contributed by atoms with van der Waals surface area (Å²) in [7, 11) is 0. The van der Waals surface area contributed by atoms with Crippen LogP contribution in [0.5, 0.6) is 0 Å². The zero-order chi connectivity index (χ0) is 17.3. The quantitative estimate of drug-likeness (QED) is 0.862. The largest absolute Gasteiger partial charge is 0.367 e. The molecule has 0 unspecified atom stereocenters. The maximum absolute atomic E-state index is 13.9. The number of hydrogen-bond donors (Lipinski definition) is 0. The lowest BCUT2D eigenvalue weighted by molar-refractivity contribution is 0.164. The lowest BCUT2D eigenvalue weighted by Gasteiger charge is -2.38. The van der Waals surface area contributed by atoms with E-state index in [9.17, 15) is 4.39 Å². The lowest BCUT2D eigenvalue weighted by atomic mass is 9.96. The molecular weight excluding hydrogens is 307 g/mol. The Morgan fingerprint density at radius 3 is 2.38 bits per heavy atom. The second-order valence-electron chi connectivity index (χ2n) is 7.36. The van der Waals surface area contributed by atoms with Gasteiger partial charge in [-0.15, -0.1) is 0 Å². The summed E-state index contributed by atoms with van der Waals surface area (Å²) in [4.78, 5) is 8.95. The Morgan fingerprint density at radius 1 is 1.12 bits per heavy atom. The van der Waals surface area contributed by atoms with E-state index in [2.05, 4.69) is 47.6 Å². The Balaban J connectivity index is 1.64. The van der Waals surface area contributed by atoms with Crippen LogP contribution in [0.4, 0.5) is 10.1 Å². The minimum Gasteiger partial charge on any atom is -0.367 e. The van der Waals surface area contributed by atoms with E-state index in [0.717, 1.165) is 32.0 Å². The molecule has 130 valence electrons. The summed E-state index contributed by atoms with van der Waals surface area (Å²) in [6, 6.07) is 7.01. The van der Waals surface area contributed by atoms with Crippen molar-refractivity contribution in [1.29, 1.82) is 0 Å². The second kappa shape index (κ2) is 6.51. The molecule has 6 heteroatoms. The van der Waals surface area contributed by atoms with E-state index in [4.69, 9.17) is 4.52 Å². The molecule has 0 saturated carbocycles. The van der Waals surface area contributed by atoms with E-state index in [0.29, 0.717) is 11.6 Å². The molecule has 0 spiro atoms. The molecule has 1 saturated heterocycles. The van der Waals surface area contributed by atoms with Crippen molar-refractivity contribution in [2.75, 3.05) is 31.1 Å². The van der Waals surface area contributed by atoms with Gasteiger partial charge in [-0.2, -0.15) is 4.98 Å². The Bertz CT molecular complexity index is 686. The molecule has 1 atom stereocenters. The number of nitrogens with zero attached hydrogens (tertiary/aromatic N) is 4. The van der Waals surface area contributed by atoms with Gasteiger partial charge in [0.15, 0.2) is 5.82 Å². The number of benzene rings is 1. The number of halogens is 1.